The Morgan fingerprint density at radius 1 is 0.828 bits per heavy atom. The van der Waals surface area contributed by atoms with Crippen molar-refractivity contribution in [3.05, 3.63) is 106 Å². The van der Waals surface area contributed by atoms with E-state index in [9.17, 15) is 37.1 Å². The third-order valence-corrected chi connectivity index (χ3v) is 11.1. The summed E-state index contributed by atoms with van der Waals surface area (Å²) in [4.78, 5) is 72.7. The van der Waals surface area contributed by atoms with Gasteiger partial charge < -0.3 is 24.8 Å². The summed E-state index contributed by atoms with van der Waals surface area (Å²) in [5.41, 5.74) is -1.01. The Bertz CT molecular complexity index is 1940. The Kier molecular flexibility index (Phi) is 14.8. The molecule has 4 rings (SSSR count). The molecule has 0 aromatic heterocycles. The molecule has 3 aromatic rings. The van der Waals surface area contributed by atoms with Crippen molar-refractivity contribution in [2.24, 2.45) is 11.8 Å². The van der Waals surface area contributed by atoms with Gasteiger partial charge in [0.15, 0.2) is 5.60 Å². The normalized spacial score (nSPS) is 16.2. The van der Waals surface area contributed by atoms with Crippen molar-refractivity contribution < 1.29 is 41.9 Å². The summed E-state index contributed by atoms with van der Waals surface area (Å²) < 4.78 is 47.6. The average Bonchev–Trinajstić information content (AvgIpc) is 3.71. The van der Waals surface area contributed by atoms with Crippen molar-refractivity contribution in [2.45, 2.75) is 96.6 Å². The molecule has 0 spiro atoms. The third kappa shape index (κ3) is 10.0. The molecule has 0 aliphatic carbocycles. The molecular weight excluding hydrogens is 773 g/mol. The van der Waals surface area contributed by atoms with Gasteiger partial charge in [0.05, 0.1) is 6.42 Å². The summed E-state index contributed by atoms with van der Waals surface area (Å²) in [7, 11) is 2.20. The van der Waals surface area contributed by atoms with E-state index in [1.165, 1.54) is 14.0 Å². The monoisotopic (exact) mass is 826 g/mol. The van der Waals surface area contributed by atoms with Gasteiger partial charge in [-0.05, 0) is 51.0 Å². The van der Waals surface area contributed by atoms with Crippen LogP contribution in [0.15, 0.2) is 78.9 Å². The van der Waals surface area contributed by atoms with Crippen LogP contribution >= 0.6 is 11.6 Å². The first-order valence-electron chi connectivity index (χ1n) is 19.5. The van der Waals surface area contributed by atoms with E-state index < -0.39 is 71.3 Å². The van der Waals surface area contributed by atoms with Crippen molar-refractivity contribution in [3.63, 3.8) is 0 Å². The fraction of sp³-hybridized carbons (Fsp3) is 0.477. The lowest BCUT2D eigenvalue weighted by Crippen LogP contribution is -2.64. The van der Waals surface area contributed by atoms with Crippen LogP contribution < -0.4 is 5.32 Å². The lowest BCUT2D eigenvalue weighted by molar-refractivity contribution is -0.192. The molecule has 1 saturated heterocycles. The average molecular weight is 827 g/mol. The highest BCUT2D eigenvalue weighted by Crippen LogP contribution is 2.44. The molecule has 1 N–H and O–H groups in total. The van der Waals surface area contributed by atoms with Crippen molar-refractivity contribution in [3.8, 4) is 0 Å². The molecule has 4 amide bonds. The highest BCUT2D eigenvalue weighted by Gasteiger charge is 2.52. The number of aryl methyl sites for hydroxylation is 1. The summed E-state index contributed by atoms with van der Waals surface area (Å²) in [5.74, 6) is -6.23. The topological polar surface area (TPSA) is 116 Å². The number of hydrogen-bond acceptors (Lipinski definition) is 6. The second-order valence-electron chi connectivity index (χ2n) is 16.0. The van der Waals surface area contributed by atoms with E-state index in [0.717, 1.165) is 30.4 Å². The van der Waals surface area contributed by atoms with Crippen LogP contribution in [-0.2, 0) is 34.3 Å². The van der Waals surface area contributed by atoms with Crippen molar-refractivity contribution in [1.82, 2.24) is 20.0 Å². The van der Waals surface area contributed by atoms with E-state index in [0.29, 0.717) is 39.7 Å². The Labute approximate surface area is 344 Å². The molecule has 1 unspecified atom stereocenters. The van der Waals surface area contributed by atoms with E-state index in [2.05, 4.69) is 5.32 Å². The molecule has 0 radical (unpaired) electrons. The number of nitrogens with zero attached hydrogens (tertiary/aromatic N) is 3. The van der Waals surface area contributed by atoms with E-state index in [1.54, 1.807) is 81.1 Å². The maximum Gasteiger partial charge on any atom is 0.471 e. The summed E-state index contributed by atoms with van der Waals surface area (Å²) in [6, 6.07) is 20.7. The van der Waals surface area contributed by atoms with Gasteiger partial charge in [0.1, 0.15) is 17.6 Å². The van der Waals surface area contributed by atoms with Crippen LogP contribution in [0.4, 0.5) is 13.2 Å². The summed E-state index contributed by atoms with van der Waals surface area (Å²) in [6.45, 7) is 10.7. The summed E-state index contributed by atoms with van der Waals surface area (Å²) in [6.07, 6.45) is -4.56. The van der Waals surface area contributed by atoms with Gasteiger partial charge in [-0.2, -0.15) is 13.2 Å². The number of ether oxygens (including phenoxy) is 1. The lowest BCUT2D eigenvalue weighted by Gasteiger charge is -2.43. The van der Waals surface area contributed by atoms with Gasteiger partial charge in [-0.15, -0.1) is 0 Å². The molecule has 0 saturated carbocycles. The second-order valence-corrected chi connectivity index (χ2v) is 16.4. The molecule has 1 aliphatic heterocycles. The van der Waals surface area contributed by atoms with E-state index in [-0.39, 0.29) is 12.3 Å². The van der Waals surface area contributed by atoms with Crippen molar-refractivity contribution in [2.75, 3.05) is 27.2 Å². The van der Waals surface area contributed by atoms with Gasteiger partial charge in [0, 0.05) is 48.9 Å². The first-order valence-corrected chi connectivity index (χ1v) is 19.8. The Hall–Kier alpha value is -4.91. The maximum absolute atomic E-state index is 14.5. The van der Waals surface area contributed by atoms with Gasteiger partial charge in [-0.3, -0.25) is 24.0 Å². The summed E-state index contributed by atoms with van der Waals surface area (Å²) >= 11 is 6.85. The number of likely N-dealkylation sites (tertiary alicyclic amines) is 1. The van der Waals surface area contributed by atoms with E-state index in [1.807, 2.05) is 37.3 Å². The molecule has 1 heterocycles. The van der Waals surface area contributed by atoms with Gasteiger partial charge in [0.25, 0.3) is 0 Å². The number of esters is 1. The third-order valence-electron chi connectivity index (χ3n) is 10.8. The molecule has 58 heavy (non-hydrogen) atoms. The second kappa shape index (κ2) is 18.8. The Balaban J connectivity index is 1.75. The largest absolute Gasteiger partial charge is 0.471 e. The molecule has 10 nitrogen and oxygen atoms in total. The van der Waals surface area contributed by atoms with E-state index in [4.69, 9.17) is 16.3 Å². The number of rotatable bonds is 15. The van der Waals surface area contributed by atoms with Crippen LogP contribution in [0.5, 0.6) is 0 Å². The minimum atomic E-state index is -5.25. The zero-order chi connectivity index (χ0) is 43.2. The molecule has 1 aliphatic rings. The SMILES string of the molecule is Cc1ccc(C(OC(=O)C[C@H](NC(=O)[C@H](C(C)C)N(C)C(=O)[C@](C)(CC(C)C)N(C)C(=O)C(F)(F)F)C(=O)N2CCCC2)(c2ccccc2)c2ccccc2Cl)cc1. The minimum absolute atomic E-state index is 0.140. The molecule has 0 bridgehead atoms. The molecule has 14 heteroatoms. The number of amides is 4. The van der Waals surface area contributed by atoms with Gasteiger partial charge >= 0.3 is 18.1 Å². The zero-order valence-electron chi connectivity index (χ0n) is 34.4. The van der Waals surface area contributed by atoms with Gasteiger partial charge in [-0.1, -0.05) is 118 Å². The standard InChI is InChI=1S/C44H54ClF3N4O6/c1-28(2)27-42(6,51(8)41(57)44(46,47)48)40(56)50(7)37(29(3)4)38(54)49-35(39(55)52-24-14-15-25-52)26-36(53)58-43(31-16-10-9-11-17-31,32-22-20-30(5)21-23-32)33-18-12-13-19-34(33)45/h9-13,16-23,28-29,35,37H,14-15,24-27H2,1-8H3,(H,49,54)/t35-,37-,42-,43?/m0/s1. The highest BCUT2D eigenvalue weighted by atomic mass is 35.5. The van der Waals surface area contributed by atoms with Crippen molar-refractivity contribution in [1.29, 1.82) is 0 Å². The molecule has 4 atom stereocenters. The number of benzene rings is 3. The van der Waals surface area contributed by atoms with E-state index >= 15 is 0 Å². The van der Waals surface area contributed by atoms with Crippen LogP contribution in [0, 0.1) is 18.8 Å². The van der Waals surface area contributed by atoms with Crippen LogP contribution in [0.25, 0.3) is 0 Å². The van der Waals surface area contributed by atoms with Gasteiger partial charge in [0.2, 0.25) is 17.7 Å². The smallest absolute Gasteiger partial charge is 0.444 e. The number of likely N-dealkylation sites (N-methyl/N-ethyl adjacent to an activating group) is 2. The maximum atomic E-state index is 14.5. The van der Waals surface area contributed by atoms with Crippen LogP contribution in [0.2, 0.25) is 5.02 Å². The Morgan fingerprint density at radius 2 is 1.38 bits per heavy atom. The Morgan fingerprint density at radius 3 is 1.91 bits per heavy atom. The predicted molar refractivity (Wildman–Crippen MR) is 215 cm³/mol. The first-order chi connectivity index (χ1) is 27.1. The minimum Gasteiger partial charge on any atom is -0.444 e. The highest BCUT2D eigenvalue weighted by molar-refractivity contribution is 6.31. The van der Waals surface area contributed by atoms with Crippen LogP contribution in [0.1, 0.15) is 82.6 Å². The fourth-order valence-electron chi connectivity index (χ4n) is 7.86. The zero-order valence-corrected chi connectivity index (χ0v) is 35.1. The number of carbonyl (C=O) groups is 5. The lowest BCUT2D eigenvalue weighted by atomic mass is 9.79. The molecular formula is C44H54ClF3N4O6. The first kappa shape index (κ1) is 45.8. The fourth-order valence-corrected chi connectivity index (χ4v) is 8.13. The molecule has 1 fully saturated rings. The van der Waals surface area contributed by atoms with Crippen molar-refractivity contribution >= 4 is 41.2 Å². The van der Waals surface area contributed by atoms with Crippen LogP contribution in [-0.4, -0.2) is 95.3 Å². The van der Waals surface area contributed by atoms with Crippen LogP contribution in [0.3, 0.4) is 0 Å². The number of hydrogen-bond donors (Lipinski definition) is 1. The quantitative estimate of drug-likeness (QED) is 0.127. The molecule has 3 aromatic carbocycles. The summed E-state index contributed by atoms with van der Waals surface area (Å²) in [5, 5.41) is 3.04. The van der Waals surface area contributed by atoms with Gasteiger partial charge in [-0.25, -0.2) is 0 Å². The number of nitrogens with one attached hydrogen (secondary N) is 1. The predicted octanol–water partition coefficient (Wildman–Crippen LogP) is 7.29. The number of carbonyl (C=O) groups excluding carboxylic acids is 5. The number of halogens is 4. The molecule has 314 valence electrons. The number of alkyl halides is 3.